The molecule has 1 heterocycles. The Labute approximate surface area is 66.0 Å². The maximum Gasteiger partial charge on any atom is 0.407 e. The first kappa shape index (κ1) is 6.95. The molecule has 2 aliphatic rings. The highest BCUT2D eigenvalue weighted by Gasteiger charge is 2.37. The standard InChI is InChI=1S/C8H13NO2/c10-8(11)9-4-6-2-1-3-7(6)5-9/h6-7H,1-5H2,(H,10,11)/t6-,7+. The largest absolute Gasteiger partial charge is 0.465 e. The molecule has 1 amide bonds. The minimum Gasteiger partial charge on any atom is -0.465 e. The van der Waals surface area contributed by atoms with Crippen LogP contribution >= 0.6 is 0 Å². The van der Waals surface area contributed by atoms with Crippen molar-refractivity contribution in [3.8, 4) is 0 Å². The van der Waals surface area contributed by atoms with Crippen LogP contribution in [0, 0.1) is 11.8 Å². The lowest BCUT2D eigenvalue weighted by Gasteiger charge is -2.11. The fourth-order valence-corrected chi connectivity index (χ4v) is 2.39. The Hall–Kier alpha value is -0.730. The predicted octanol–water partition coefficient (Wildman–Crippen LogP) is 1.40. The van der Waals surface area contributed by atoms with Gasteiger partial charge in [0.05, 0.1) is 0 Å². The molecule has 2 fully saturated rings. The summed E-state index contributed by atoms with van der Waals surface area (Å²) in [5, 5.41) is 8.69. The lowest BCUT2D eigenvalue weighted by molar-refractivity contribution is 0.152. The van der Waals surface area contributed by atoms with Crippen LogP contribution in [0.2, 0.25) is 0 Å². The normalized spacial score (nSPS) is 35.8. The number of likely N-dealkylation sites (tertiary alicyclic amines) is 1. The molecule has 0 aromatic rings. The quantitative estimate of drug-likeness (QED) is 0.574. The van der Waals surface area contributed by atoms with Gasteiger partial charge in [-0.1, -0.05) is 6.42 Å². The number of fused-ring (bicyclic) bond motifs is 1. The number of amides is 1. The monoisotopic (exact) mass is 155 g/mol. The summed E-state index contributed by atoms with van der Waals surface area (Å²) in [5.41, 5.74) is 0. The number of carbonyl (C=O) groups is 1. The van der Waals surface area contributed by atoms with Gasteiger partial charge in [-0.25, -0.2) is 4.79 Å². The Balaban J connectivity index is 1.99. The van der Waals surface area contributed by atoms with Gasteiger partial charge in [0, 0.05) is 13.1 Å². The van der Waals surface area contributed by atoms with Gasteiger partial charge < -0.3 is 10.0 Å². The van der Waals surface area contributed by atoms with Gasteiger partial charge in [0.2, 0.25) is 0 Å². The van der Waals surface area contributed by atoms with Crippen molar-refractivity contribution in [3.63, 3.8) is 0 Å². The molecule has 11 heavy (non-hydrogen) atoms. The van der Waals surface area contributed by atoms with E-state index in [0.717, 1.165) is 13.1 Å². The lowest BCUT2D eigenvalue weighted by atomic mass is 10.0. The molecule has 0 aromatic heterocycles. The Morgan fingerprint density at radius 3 is 2.27 bits per heavy atom. The Bertz CT molecular complexity index is 169. The summed E-state index contributed by atoms with van der Waals surface area (Å²) >= 11 is 0. The fraction of sp³-hybridized carbons (Fsp3) is 0.875. The van der Waals surface area contributed by atoms with Crippen molar-refractivity contribution in [2.45, 2.75) is 19.3 Å². The summed E-state index contributed by atoms with van der Waals surface area (Å²) in [7, 11) is 0. The molecule has 3 heteroatoms. The number of hydrogen-bond acceptors (Lipinski definition) is 1. The summed E-state index contributed by atoms with van der Waals surface area (Å²) in [6.07, 6.45) is 3.06. The van der Waals surface area contributed by atoms with E-state index >= 15 is 0 Å². The number of nitrogens with zero attached hydrogens (tertiary/aromatic N) is 1. The molecular formula is C8H13NO2. The third kappa shape index (κ3) is 1.08. The van der Waals surface area contributed by atoms with E-state index in [9.17, 15) is 4.79 Å². The summed E-state index contributed by atoms with van der Waals surface area (Å²) in [4.78, 5) is 12.1. The van der Waals surface area contributed by atoms with E-state index in [0.29, 0.717) is 11.8 Å². The summed E-state index contributed by atoms with van der Waals surface area (Å²) in [5.74, 6) is 1.37. The first-order valence-corrected chi connectivity index (χ1v) is 4.25. The molecule has 62 valence electrons. The van der Waals surface area contributed by atoms with Crippen LogP contribution in [0.15, 0.2) is 0 Å². The number of carboxylic acid groups (broad SMARTS) is 1. The van der Waals surface area contributed by atoms with E-state index in [1.807, 2.05) is 0 Å². The number of rotatable bonds is 0. The minimum absolute atomic E-state index is 0.686. The van der Waals surface area contributed by atoms with Crippen molar-refractivity contribution < 1.29 is 9.90 Å². The molecule has 0 spiro atoms. The Morgan fingerprint density at radius 1 is 1.27 bits per heavy atom. The van der Waals surface area contributed by atoms with E-state index in [4.69, 9.17) is 5.11 Å². The third-order valence-corrected chi connectivity index (χ3v) is 3.00. The zero-order chi connectivity index (χ0) is 7.84. The maximum atomic E-state index is 10.6. The lowest BCUT2D eigenvalue weighted by Crippen LogP contribution is -2.27. The average Bonchev–Trinajstić information content (AvgIpc) is 2.40. The van der Waals surface area contributed by atoms with Crippen LogP contribution in [0.4, 0.5) is 4.79 Å². The second kappa shape index (κ2) is 2.40. The fourth-order valence-electron chi connectivity index (χ4n) is 2.39. The molecule has 0 radical (unpaired) electrons. The van der Waals surface area contributed by atoms with E-state index in [-0.39, 0.29) is 0 Å². The zero-order valence-corrected chi connectivity index (χ0v) is 6.49. The molecule has 0 unspecified atom stereocenters. The van der Waals surface area contributed by atoms with Gasteiger partial charge in [0.25, 0.3) is 0 Å². The van der Waals surface area contributed by atoms with Crippen molar-refractivity contribution in [2.75, 3.05) is 13.1 Å². The van der Waals surface area contributed by atoms with E-state index in [2.05, 4.69) is 0 Å². The second-order valence-electron chi connectivity index (χ2n) is 3.64. The Kier molecular flexibility index (Phi) is 1.51. The maximum absolute atomic E-state index is 10.6. The van der Waals surface area contributed by atoms with Crippen molar-refractivity contribution in [3.05, 3.63) is 0 Å². The van der Waals surface area contributed by atoms with Crippen molar-refractivity contribution in [2.24, 2.45) is 11.8 Å². The van der Waals surface area contributed by atoms with Crippen LogP contribution in [0.5, 0.6) is 0 Å². The molecule has 1 aliphatic heterocycles. The van der Waals surface area contributed by atoms with Gasteiger partial charge in [0.15, 0.2) is 0 Å². The van der Waals surface area contributed by atoms with Crippen LogP contribution in [0.1, 0.15) is 19.3 Å². The number of hydrogen-bond donors (Lipinski definition) is 1. The van der Waals surface area contributed by atoms with Gasteiger partial charge in [-0.15, -0.1) is 0 Å². The second-order valence-corrected chi connectivity index (χ2v) is 3.64. The SMILES string of the molecule is O=C(O)N1C[C@H]2CCC[C@H]2C1. The Morgan fingerprint density at radius 2 is 1.82 bits per heavy atom. The molecule has 3 nitrogen and oxygen atoms in total. The minimum atomic E-state index is -0.737. The summed E-state index contributed by atoms with van der Waals surface area (Å²) in [6, 6.07) is 0. The topological polar surface area (TPSA) is 40.5 Å². The first-order chi connectivity index (χ1) is 5.27. The van der Waals surface area contributed by atoms with Crippen molar-refractivity contribution >= 4 is 6.09 Å². The molecule has 2 atom stereocenters. The summed E-state index contributed by atoms with van der Waals surface area (Å²) in [6.45, 7) is 1.58. The highest BCUT2D eigenvalue weighted by Crippen LogP contribution is 2.37. The highest BCUT2D eigenvalue weighted by molar-refractivity contribution is 5.65. The smallest absolute Gasteiger partial charge is 0.407 e. The van der Waals surface area contributed by atoms with Crippen LogP contribution in [0.3, 0.4) is 0 Å². The predicted molar refractivity (Wildman–Crippen MR) is 40.4 cm³/mol. The zero-order valence-electron chi connectivity index (χ0n) is 6.49. The van der Waals surface area contributed by atoms with Gasteiger partial charge in [-0.05, 0) is 24.7 Å². The van der Waals surface area contributed by atoms with Gasteiger partial charge in [-0.3, -0.25) is 0 Å². The van der Waals surface area contributed by atoms with Crippen LogP contribution in [0.25, 0.3) is 0 Å². The van der Waals surface area contributed by atoms with E-state index in [1.54, 1.807) is 4.90 Å². The van der Waals surface area contributed by atoms with Gasteiger partial charge in [0.1, 0.15) is 0 Å². The van der Waals surface area contributed by atoms with E-state index < -0.39 is 6.09 Å². The average molecular weight is 155 g/mol. The van der Waals surface area contributed by atoms with Crippen molar-refractivity contribution in [1.29, 1.82) is 0 Å². The third-order valence-electron chi connectivity index (χ3n) is 3.00. The van der Waals surface area contributed by atoms with Crippen LogP contribution in [-0.4, -0.2) is 29.2 Å². The molecular weight excluding hydrogens is 142 g/mol. The molecule has 1 saturated heterocycles. The molecule has 1 saturated carbocycles. The van der Waals surface area contributed by atoms with Gasteiger partial charge >= 0.3 is 6.09 Å². The molecule has 1 N–H and O–H groups in total. The van der Waals surface area contributed by atoms with E-state index in [1.165, 1.54) is 19.3 Å². The van der Waals surface area contributed by atoms with Crippen LogP contribution in [-0.2, 0) is 0 Å². The van der Waals surface area contributed by atoms with Gasteiger partial charge in [-0.2, -0.15) is 0 Å². The first-order valence-electron chi connectivity index (χ1n) is 4.25. The molecule has 1 aliphatic carbocycles. The molecule has 0 aromatic carbocycles. The molecule has 2 rings (SSSR count). The highest BCUT2D eigenvalue weighted by atomic mass is 16.4. The summed E-state index contributed by atoms with van der Waals surface area (Å²) < 4.78 is 0. The van der Waals surface area contributed by atoms with Crippen LogP contribution < -0.4 is 0 Å². The van der Waals surface area contributed by atoms with Crippen molar-refractivity contribution in [1.82, 2.24) is 4.90 Å². The molecule has 0 bridgehead atoms.